The Morgan fingerprint density at radius 2 is 2.31 bits per heavy atom. The zero-order valence-electron chi connectivity index (χ0n) is 6.79. The minimum Gasteiger partial charge on any atom is -0.495 e. The third-order valence-corrected chi connectivity index (χ3v) is 2.70. The molecule has 0 spiro atoms. The maximum Gasteiger partial charge on any atom is 0.141 e. The SMILES string of the molecule is COc1c(I)cc(Br)cc1/C=N/O. The molecule has 0 saturated heterocycles. The molecule has 1 N–H and O–H groups in total. The number of nitrogens with zero attached hydrogens (tertiary/aromatic N) is 1. The predicted octanol–water partition coefficient (Wildman–Crippen LogP) is 2.87. The van der Waals surface area contributed by atoms with Crippen LogP contribution >= 0.6 is 38.5 Å². The van der Waals surface area contributed by atoms with Crippen molar-refractivity contribution in [3.8, 4) is 5.75 Å². The van der Waals surface area contributed by atoms with Crippen LogP contribution in [0.5, 0.6) is 5.75 Å². The van der Waals surface area contributed by atoms with Crippen LogP contribution in [0.2, 0.25) is 0 Å². The van der Waals surface area contributed by atoms with Gasteiger partial charge in [0.1, 0.15) is 5.75 Å². The molecule has 5 heteroatoms. The summed E-state index contributed by atoms with van der Waals surface area (Å²) in [7, 11) is 1.58. The molecule has 0 aliphatic rings. The number of methoxy groups -OCH3 is 1. The van der Waals surface area contributed by atoms with E-state index in [1.165, 1.54) is 6.21 Å². The summed E-state index contributed by atoms with van der Waals surface area (Å²) < 4.78 is 7.04. The van der Waals surface area contributed by atoms with Crippen molar-refractivity contribution < 1.29 is 9.94 Å². The first kappa shape index (κ1) is 10.8. The Morgan fingerprint density at radius 1 is 1.62 bits per heavy atom. The van der Waals surface area contributed by atoms with Gasteiger partial charge in [0.2, 0.25) is 0 Å². The van der Waals surface area contributed by atoms with E-state index in [1.54, 1.807) is 7.11 Å². The number of hydrogen-bond donors (Lipinski definition) is 1. The normalized spacial score (nSPS) is 10.7. The lowest BCUT2D eigenvalue weighted by Crippen LogP contribution is -1.94. The summed E-state index contributed by atoms with van der Waals surface area (Å²) >= 11 is 5.50. The van der Waals surface area contributed by atoms with Gasteiger partial charge in [0.05, 0.1) is 16.9 Å². The lowest BCUT2D eigenvalue weighted by molar-refractivity contribution is 0.321. The van der Waals surface area contributed by atoms with E-state index in [2.05, 4.69) is 43.7 Å². The van der Waals surface area contributed by atoms with Crippen molar-refractivity contribution in [1.29, 1.82) is 0 Å². The minimum absolute atomic E-state index is 0.710. The highest BCUT2D eigenvalue weighted by Gasteiger charge is 2.06. The van der Waals surface area contributed by atoms with Gasteiger partial charge in [-0.15, -0.1) is 0 Å². The Labute approximate surface area is 98.0 Å². The first-order chi connectivity index (χ1) is 6.19. The summed E-state index contributed by atoms with van der Waals surface area (Å²) in [5.41, 5.74) is 0.740. The third kappa shape index (κ3) is 2.57. The first-order valence-electron chi connectivity index (χ1n) is 3.39. The molecule has 0 saturated carbocycles. The number of benzene rings is 1. The number of oxime groups is 1. The van der Waals surface area contributed by atoms with Gasteiger partial charge in [-0.25, -0.2) is 0 Å². The van der Waals surface area contributed by atoms with Gasteiger partial charge in [-0.1, -0.05) is 21.1 Å². The van der Waals surface area contributed by atoms with Gasteiger partial charge in [0, 0.05) is 10.0 Å². The number of halogens is 2. The Balaban J connectivity index is 3.29. The highest BCUT2D eigenvalue weighted by molar-refractivity contribution is 14.1. The van der Waals surface area contributed by atoms with E-state index in [9.17, 15) is 0 Å². The molecule has 0 unspecified atom stereocenters. The molecule has 0 bridgehead atoms. The molecule has 0 aliphatic heterocycles. The van der Waals surface area contributed by atoms with Crippen LogP contribution in [0.4, 0.5) is 0 Å². The maximum atomic E-state index is 8.42. The lowest BCUT2D eigenvalue weighted by atomic mass is 10.2. The van der Waals surface area contributed by atoms with E-state index in [0.29, 0.717) is 5.75 Å². The van der Waals surface area contributed by atoms with E-state index in [-0.39, 0.29) is 0 Å². The summed E-state index contributed by atoms with van der Waals surface area (Å²) in [6, 6.07) is 3.74. The number of hydrogen-bond acceptors (Lipinski definition) is 3. The highest BCUT2D eigenvalue weighted by Crippen LogP contribution is 2.28. The van der Waals surface area contributed by atoms with Crippen LogP contribution in [0.3, 0.4) is 0 Å². The van der Waals surface area contributed by atoms with Crippen molar-refractivity contribution in [2.75, 3.05) is 7.11 Å². The molecule has 1 rings (SSSR count). The number of ether oxygens (including phenoxy) is 1. The summed E-state index contributed by atoms with van der Waals surface area (Å²) in [6.07, 6.45) is 1.34. The average molecular weight is 356 g/mol. The molecule has 0 fully saturated rings. The Kier molecular flexibility index (Phi) is 3.98. The van der Waals surface area contributed by atoms with Gasteiger partial charge in [-0.3, -0.25) is 0 Å². The molecular weight excluding hydrogens is 349 g/mol. The van der Waals surface area contributed by atoms with Gasteiger partial charge >= 0.3 is 0 Å². The lowest BCUT2D eigenvalue weighted by Gasteiger charge is -2.06. The topological polar surface area (TPSA) is 41.8 Å². The Hall–Kier alpha value is -0.300. The standard InChI is InChI=1S/C8H7BrINO2/c1-13-8-5(4-11-12)2-6(9)3-7(8)10/h2-4,12H,1H3/b11-4+. The second kappa shape index (κ2) is 4.80. The largest absolute Gasteiger partial charge is 0.495 e. The molecule has 0 radical (unpaired) electrons. The second-order valence-corrected chi connectivity index (χ2v) is 4.33. The molecule has 3 nitrogen and oxygen atoms in total. The van der Waals surface area contributed by atoms with Crippen LogP contribution in [0, 0.1) is 3.57 Å². The number of rotatable bonds is 2. The van der Waals surface area contributed by atoms with Gasteiger partial charge in [-0.05, 0) is 34.7 Å². The van der Waals surface area contributed by atoms with E-state index in [1.807, 2.05) is 12.1 Å². The summed E-state index contributed by atoms with van der Waals surface area (Å²) in [6.45, 7) is 0. The van der Waals surface area contributed by atoms with Crippen molar-refractivity contribution in [3.63, 3.8) is 0 Å². The Morgan fingerprint density at radius 3 is 2.85 bits per heavy atom. The third-order valence-electron chi connectivity index (χ3n) is 1.44. The van der Waals surface area contributed by atoms with E-state index in [4.69, 9.17) is 9.94 Å². The minimum atomic E-state index is 0.710. The fourth-order valence-corrected chi connectivity index (χ4v) is 2.72. The summed E-state index contributed by atoms with van der Waals surface area (Å²) in [4.78, 5) is 0. The van der Waals surface area contributed by atoms with Gasteiger partial charge in [0.15, 0.2) is 0 Å². The van der Waals surface area contributed by atoms with E-state index >= 15 is 0 Å². The van der Waals surface area contributed by atoms with Crippen molar-refractivity contribution in [2.24, 2.45) is 5.16 Å². The molecule has 1 aromatic rings. The predicted molar refractivity (Wildman–Crippen MR) is 62.8 cm³/mol. The second-order valence-electron chi connectivity index (χ2n) is 2.25. The van der Waals surface area contributed by atoms with Crippen LogP contribution in [0.25, 0.3) is 0 Å². The van der Waals surface area contributed by atoms with Crippen molar-refractivity contribution in [1.82, 2.24) is 0 Å². The molecule has 13 heavy (non-hydrogen) atoms. The van der Waals surface area contributed by atoms with Gasteiger partial charge < -0.3 is 9.94 Å². The zero-order chi connectivity index (χ0) is 9.84. The van der Waals surface area contributed by atoms with E-state index < -0.39 is 0 Å². The van der Waals surface area contributed by atoms with Crippen LogP contribution < -0.4 is 4.74 Å². The molecule has 0 aromatic heterocycles. The molecule has 0 aliphatic carbocycles. The van der Waals surface area contributed by atoms with Crippen molar-refractivity contribution in [2.45, 2.75) is 0 Å². The van der Waals surface area contributed by atoms with Crippen LogP contribution in [-0.4, -0.2) is 18.5 Å². The van der Waals surface area contributed by atoms with E-state index in [0.717, 1.165) is 13.6 Å². The average Bonchev–Trinajstić information content (AvgIpc) is 2.04. The van der Waals surface area contributed by atoms with Crippen molar-refractivity contribution in [3.05, 3.63) is 25.7 Å². The molecular formula is C8H7BrINO2. The van der Waals surface area contributed by atoms with Crippen molar-refractivity contribution >= 4 is 44.7 Å². The van der Waals surface area contributed by atoms with Crippen LogP contribution in [0.15, 0.2) is 21.8 Å². The van der Waals surface area contributed by atoms with Gasteiger partial charge in [0.25, 0.3) is 0 Å². The monoisotopic (exact) mass is 355 g/mol. The fourth-order valence-electron chi connectivity index (χ4n) is 0.954. The van der Waals surface area contributed by atoms with Crippen LogP contribution in [-0.2, 0) is 0 Å². The zero-order valence-corrected chi connectivity index (χ0v) is 10.5. The molecule has 1 aromatic carbocycles. The fraction of sp³-hybridized carbons (Fsp3) is 0.125. The maximum absolute atomic E-state index is 8.42. The smallest absolute Gasteiger partial charge is 0.141 e. The Bertz CT molecular complexity index is 341. The first-order valence-corrected chi connectivity index (χ1v) is 5.26. The molecule has 0 atom stereocenters. The summed E-state index contributed by atoms with van der Waals surface area (Å²) in [5, 5.41) is 11.4. The highest BCUT2D eigenvalue weighted by atomic mass is 127. The summed E-state index contributed by atoms with van der Waals surface area (Å²) in [5.74, 6) is 0.710. The molecule has 0 heterocycles. The van der Waals surface area contributed by atoms with Crippen LogP contribution in [0.1, 0.15) is 5.56 Å². The quantitative estimate of drug-likeness (QED) is 0.383. The van der Waals surface area contributed by atoms with Gasteiger partial charge in [-0.2, -0.15) is 0 Å². The molecule has 0 amide bonds. The molecule has 70 valence electrons.